The fourth-order valence-corrected chi connectivity index (χ4v) is 1.69. The molecule has 1 heterocycles. The van der Waals surface area contributed by atoms with E-state index in [-0.39, 0.29) is 6.42 Å². The fourth-order valence-electron chi connectivity index (χ4n) is 1.69. The van der Waals surface area contributed by atoms with E-state index in [0.29, 0.717) is 12.3 Å². The predicted octanol–water partition coefficient (Wildman–Crippen LogP) is 2.26. The van der Waals surface area contributed by atoms with Crippen LogP contribution in [0.25, 0.3) is 10.8 Å². The van der Waals surface area contributed by atoms with E-state index in [2.05, 4.69) is 4.98 Å². The molecule has 1 aromatic heterocycles. The van der Waals surface area contributed by atoms with Crippen LogP contribution < -0.4 is 4.74 Å². The summed E-state index contributed by atoms with van der Waals surface area (Å²) in [5, 5.41) is 10.7. The van der Waals surface area contributed by atoms with Gasteiger partial charge in [-0.05, 0) is 23.4 Å². The molecule has 0 spiro atoms. The van der Waals surface area contributed by atoms with Crippen molar-refractivity contribution in [2.24, 2.45) is 0 Å². The fraction of sp³-hybridized carbons (Fsp3) is 0.231. The molecule has 0 aliphatic carbocycles. The molecule has 2 rings (SSSR count). The molecule has 88 valence electrons. The lowest BCUT2D eigenvalue weighted by Crippen LogP contribution is -1.97. The Morgan fingerprint density at radius 3 is 2.88 bits per heavy atom. The van der Waals surface area contributed by atoms with Crippen LogP contribution in [-0.2, 0) is 11.2 Å². The summed E-state index contributed by atoms with van der Waals surface area (Å²) in [6, 6.07) is 7.71. The third kappa shape index (κ3) is 2.72. The molecule has 17 heavy (non-hydrogen) atoms. The number of carbonyl (C=O) groups is 1. The molecule has 0 fully saturated rings. The maximum absolute atomic E-state index is 10.5. The van der Waals surface area contributed by atoms with E-state index >= 15 is 0 Å². The summed E-state index contributed by atoms with van der Waals surface area (Å²) in [7, 11) is 1.58. The molecule has 0 aliphatic heterocycles. The number of rotatable bonds is 4. The number of hydrogen-bond donors (Lipinski definition) is 1. The summed E-state index contributed by atoms with van der Waals surface area (Å²) in [4.78, 5) is 14.6. The minimum Gasteiger partial charge on any atom is -0.481 e. The van der Waals surface area contributed by atoms with Gasteiger partial charge in [0.25, 0.3) is 0 Å². The van der Waals surface area contributed by atoms with Gasteiger partial charge in [0.2, 0.25) is 5.88 Å². The van der Waals surface area contributed by atoms with E-state index in [1.54, 1.807) is 13.3 Å². The third-order valence-electron chi connectivity index (χ3n) is 2.60. The molecule has 4 nitrogen and oxygen atoms in total. The number of methoxy groups -OCH3 is 1. The normalized spacial score (nSPS) is 10.4. The van der Waals surface area contributed by atoms with Crippen LogP contribution in [0.1, 0.15) is 12.0 Å². The van der Waals surface area contributed by atoms with Crippen LogP contribution in [0.3, 0.4) is 0 Å². The number of ether oxygens (including phenoxy) is 1. The van der Waals surface area contributed by atoms with Crippen molar-refractivity contribution in [3.63, 3.8) is 0 Å². The van der Waals surface area contributed by atoms with Crippen LogP contribution >= 0.6 is 0 Å². The van der Waals surface area contributed by atoms with Gasteiger partial charge in [-0.2, -0.15) is 0 Å². The largest absolute Gasteiger partial charge is 0.481 e. The van der Waals surface area contributed by atoms with Crippen LogP contribution in [0, 0.1) is 0 Å². The maximum Gasteiger partial charge on any atom is 0.303 e. The van der Waals surface area contributed by atoms with Crippen molar-refractivity contribution < 1.29 is 14.6 Å². The Labute approximate surface area is 98.9 Å². The Bertz CT molecular complexity index is 551. The Kier molecular flexibility index (Phi) is 3.23. The number of carboxylic acid groups (broad SMARTS) is 1. The molecular weight excluding hydrogens is 218 g/mol. The van der Waals surface area contributed by atoms with Gasteiger partial charge < -0.3 is 9.84 Å². The monoisotopic (exact) mass is 231 g/mol. The minimum absolute atomic E-state index is 0.148. The molecule has 0 amide bonds. The maximum atomic E-state index is 10.5. The van der Waals surface area contributed by atoms with Crippen molar-refractivity contribution in [3.8, 4) is 5.88 Å². The molecule has 4 heteroatoms. The van der Waals surface area contributed by atoms with Gasteiger partial charge in [0, 0.05) is 24.1 Å². The number of aryl methyl sites for hydroxylation is 1. The molecule has 0 radical (unpaired) electrons. The molecule has 2 aromatic rings. The van der Waals surface area contributed by atoms with Crippen molar-refractivity contribution in [2.75, 3.05) is 7.11 Å². The van der Waals surface area contributed by atoms with Gasteiger partial charge in [0.05, 0.1) is 7.11 Å². The molecule has 1 aromatic carbocycles. The quantitative estimate of drug-likeness (QED) is 0.876. The second kappa shape index (κ2) is 4.82. The highest BCUT2D eigenvalue weighted by Crippen LogP contribution is 2.19. The Morgan fingerprint density at radius 1 is 1.35 bits per heavy atom. The van der Waals surface area contributed by atoms with E-state index in [1.165, 1.54) is 0 Å². The molecule has 0 aliphatic rings. The SMILES string of the molecule is COc1cc2ccc(CCC(=O)O)cc2cn1. The zero-order valence-electron chi connectivity index (χ0n) is 9.51. The standard InChI is InChI=1S/C13H13NO3/c1-17-12-7-10-4-2-9(3-5-13(15)16)6-11(10)8-14-12/h2,4,6-8H,3,5H2,1H3,(H,15,16). The van der Waals surface area contributed by atoms with Crippen molar-refractivity contribution in [1.82, 2.24) is 4.98 Å². The molecule has 0 bridgehead atoms. The summed E-state index contributed by atoms with van der Waals surface area (Å²) in [6.45, 7) is 0. The smallest absolute Gasteiger partial charge is 0.303 e. The second-order valence-electron chi connectivity index (χ2n) is 3.80. The average molecular weight is 231 g/mol. The lowest BCUT2D eigenvalue weighted by Gasteiger charge is -2.04. The molecule has 0 unspecified atom stereocenters. The molecule has 0 atom stereocenters. The predicted molar refractivity (Wildman–Crippen MR) is 64.3 cm³/mol. The van der Waals surface area contributed by atoms with Gasteiger partial charge in [0.1, 0.15) is 0 Å². The van der Waals surface area contributed by atoms with Gasteiger partial charge in [-0.3, -0.25) is 4.79 Å². The lowest BCUT2D eigenvalue weighted by molar-refractivity contribution is -0.136. The van der Waals surface area contributed by atoms with Gasteiger partial charge in [-0.1, -0.05) is 12.1 Å². The molecule has 0 saturated heterocycles. The number of pyridine rings is 1. The minimum atomic E-state index is -0.780. The van der Waals surface area contributed by atoms with Crippen molar-refractivity contribution in [1.29, 1.82) is 0 Å². The van der Waals surface area contributed by atoms with E-state index in [0.717, 1.165) is 16.3 Å². The van der Waals surface area contributed by atoms with Gasteiger partial charge in [-0.15, -0.1) is 0 Å². The molecular formula is C13H13NO3. The summed E-state index contributed by atoms with van der Waals surface area (Å²) in [5.74, 6) is -0.200. The lowest BCUT2D eigenvalue weighted by atomic mass is 10.1. The Morgan fingerprint density at radius 2 is 2.18 bits per heavy atom. The van der Waals surface area contributed by atoms with Crippen molar-refractivity contribution >= 4 is 16.7 Å². The third-order valence-corrected chi connectivity index (χ3v) is 2.60. The van der Waals surface area contributed by atoms with Crippen LogP contribution in [0.5, 0.6) is 5.88 Å². The van der Waals surface area contributed by atoms with E-state index < -0.39 is 5.97 Å². The number of aromatic nitrogens is 1. The summed E-state index contributed by atoms with van der Waals surface area (Å²) < 4.78 is 5.04. The highest BCUT2D eigenvalue weighted by atomic mass is 16.5. The first-order valence-corrected chi connectivity index (χ1v) is 5.33. The Balaban J connectivity index is 2.28. The topological polar surface area (TPSA) is 59.4 Å². The van der Waals surface area contributed by atoms with Gasteiger partial charge in [-0.25, -0.2) is 4.98 Å². The number of aliphatic carboxylic acids is 1. The number of benzene rings is 1. The zero-order valence-corrected chi connectivity index (χ0v) is 9.51. The van der Waals surface area contributed by atoms with E-state index in [9.17, 15) is 4.79 Å². The first-order valence-electron chi connectivity index (χ1n) is 5.33. The van der Waals surface area contributed by atoms with E-state index in [4.69, 9.17) is 9.84 Å². The molecule has 0 saturated carbocycles. The first-order chi connectivity index (χ1) is 8.19. The summed E-state index contributed by atoms with van der Waals surface area (Å²) in [6.07, 6.45) is 2.42. The van der Waals surface area contributed by atoms with Gasteiger partial charge in [0.15, 0.2) is 0 Å². The van der Waals surface area contributed by atoms with E-state index in [1.807, 2.05) is 24.3 Å². The molecule has 1 N–H and O–H groups in total. The van der Waals surface area contributed by atoms with Crippen molar-refractivity contribution in [2.45, 2.75) is 12.8 Å². The number of nitrogens with zero attached hydrogens (tertiary/aromatic N) is 1. The highest BCUT2D eigenvalue weighted by Gasteiger charge is 2.02. The second-order valence-corrected chi connectivity index (χ2v) is 3.80. The summed E-state index contributed by atoms with van der Waals surface area (Å²) >= 11 is 0. The zero-order chi connectivity index (χ0) is 12.3. The van der Waals surface area contributed by atoms with Crippen LogP contribution in [0.4, 0.5) is 0 Å². The van der Waals surface area contributed by atoms with Crippen LogP contribution in [0.2, 0.25) is 0 Å². The Hall–Kier alpha value is -2.10. The van der Waals surface area contributed by atoms with Gasteiger partial charge >= 0.3 is 5.97 Å². The number of hydrogen-bond acceptors (Lipinski definition) is 3. The van der Waals surface area contributed by atoms with Crippen LogP contribution in [-0.4, -0.2) is 23.2 Å². The first kappa shape index (κ1) is 11.4. The average Bonchev–Trinajstić information content (AvgIpc) is 2.35. The van der Waals surface area contributed by atoms with Crippen molar-refractivity contribution in [3.05, 3.63) is 36.0 Å². The summed E-state index contributed by atoms with van der Waals surface area (Å²) in [5.41, 5.74) is 1.01. The number of carboxylic acids is 1. The van der Waals surface area contributed by atoms with Crippen LogP contribution in [0.15, 0.2) is 30.5 Å². The number of fused-ring (bicyclic) bond motifs is 1. The highest BCUT2D eigenvalue weighted by molar-refractivity contribution is 5.83.